The first-order chi connectivity index (χ1) is 9.06. The van der Waals surface area contributed by atoms with Crippen LogP contribution >= 0.6 is 11.6 Å². The molecule has 0 bridgehead atoms. The van der Waals surface area contributed by atoms with Gasteiger partial charge in [-0.25, -0.2) is 0 Å². The zero-order valence-corrected chi connectivity index (χ0v) is 11.9. The standard InChI is InChI=1S/C15H19ClN2O/c1-11-2-3-12(10-14(11)16)4-5-15(19)18-8-6-13(17)7-9-18/h2-5,10,13H,6-9,17H2,1H3. The number of nitrogens with two attached hydrogens (primary N) is 1. The first-order valence-corrected chi connectivity index (χ1v) is 6.93. The van der Waals surface area contributed by atoms with E-state index in [-0.39, 0.29) is 11.9 Å². The Morgan fingerprint density at radius 3 is 2.74 bits per heavy atom. The number of nitrogens with zero attached hydrogens (tertiary/aromatic N) is 1. The lowest BCUT2D eigenvalue weighted by molar-refractivity contribution is -0.126. The molecule has 1 aromatic rings. The molecule has 0 saturated carbocycles. The van der Waals surface area contributed by atoms with Crippen molar-refractivity contribution in [2.75, 3.05) is 13.1 Å². The van der Waals surface area contributed by atoms with Crippen molar-refractivity contribution in [1.82, 2.24) is 4.90 Å². The van der Waals surface area contributed by atoms with E-state index in [0.29, 0.717) is 0 Å². The lowest BCUT2D eigenvalue weighted by Crippen LogP contribution is -2.42. The molecular weight excluding hydrogens is 260 g/mol. The normalized spacial score (nSPS) is 17.1. The number of rotatable bonds is 2. The van der Waals surface area contributed by atoms with Crippen molar-refractivity contribution in [3.63, 3.8) is 0 Å². The molecule has 1 heterocycles. The van der Waals surface area contributed by atoms with Gasteiger partial charge in [0, 0.05) is 30.2 Å². The Morgan fingerprint density at radius 1 is 1.42 bits per heavy atom. The van der Waals surface area contributed by atoms with E-state index in [1.54, 1.807) is 6.08 Å². The van der Waals surface area contributed by atoms with Crippen LogP contribution in [-0.2, 0) is 4.79 Å². The highest BCUT2D eigenvalue weighted by Gasteiger charge is 2.18. The Bertz CT molecular complexity index is 491. The number of carbonyl (C=O) groups excluding carboxylic acids is 1. The second-order valence-electron chi connectivity index (χ2n) is 5.00. The number of carbonyl (C=O) groups is 1. The summed E-state index contributed by atoms with van der Waals surface area (Å²) in [6.45, 7) is 3.45. The van der Waals surface area contributed by atoms with E-state index >= 15 is 0 Å². The fourth-order valence-electron chi connectivity index (χ4n) is 2.11. The van der Waals surface area contributed by atoms with Gasteiger partial charge in [0.1, 0.15) is 0 Å². The van der Waals surface area contributed by atoms with E-state index in [0.717, 1.165) is 42.1 Å². The summed E-state index contributed by atoms with van der Waals surface area (Å²) in [5.74, 6) is 0.0450. The number of halogens is 1. The lowest BCUT2D eigenvalue weighted by atomic mass is 10.1. The molecule has 0 aliphatic carbocycles. The van der Waals surface area contributed by atoms with Crippen LogP contribution in [0.4, 0.5) is 0 Å². The van der Waals surface area contributed by atoms with Crippen LogP contribution in [0.15, 0.2) is 24.3 Å². The van der Waals surface area contributed by atoms with Crippen LogP contribution in [0.25, 0.3) is 6.08 Å². The third-order valence-corrected chi connectivity index (χ3v) is 3.87. The SMILES string of the molecule is Cc1ccc(C=CC(=O)N2CCC(N)CC2)cc1Cl. The number of aryl methyl sites for hydroxylation is 1. The van der Waals surface area contributed by atoms with Crippen molar-refractivity contribution in [3.8, 4) is 0 Å². The van der Waals surface area contributed by atoms with Gasteiger partial charge in [0.2, 0.25) is 5.91 Å². The molecule has 0 spiro atoms. The summed E-state index contributed by atoms with van der Waals surface area (Å²) in [6, 6.07) is 6.01. The van der Waals surface area contributed by atoms with Gasteiger partial charge >= 0.3 is 0 Å². The van der Waals surface area contributed by atoms with E-state index in [9.17, 15) is 4.79 Å². The van der Waals surface area contributed by atoms with Crippen LogP contribution < -0.4 is 5.73 Å². The quantitative estimate of drug-likeness (QED) is 0.846. The molecule has 0 radical (unpaired) electrons. The minimum atomic E-state index is 0.0450. The molecule has 4 heteroatoms. The highest BCUT2D eigenvalue weighted by Crippen LogP contribution is 2.17. The first-order valence-electron chi connectivity index (χ1n) is 6.55. The summed E-state index contributed by atoms with van der Waals surface area (Å²) in [4.78, 5) is 13.8. The summed E-state index contributed by atoms with van der Waals surface area (Å²) in [6.07, 6.45) is 5.19. The fourth-order valence-corrected chi connectivity index (χ4v) is 2.29. The van der Waals surface area contributed by atoms with Crippen LogP contribution in [0.1, 0.15) is 24.0 Å². The molecular formula is C15H19ClN2O. The molecule has 3 nitrogen and oxygen atoms in total. The number of likely N-dealkylation sites (tertiary alicyclic amines) is 1. The molecule has 1 fully saturated rings. The maximum atomic E-state index is 12.0. The monoisotopic (exact) mass is 278 g/mol. The van der Waals surface area contributed by atoms with Gasteiger partial charge < -0.3 is 10.6 Å². The maximum absolute atomic E-state index is 12.0. The van der Waals surface area contributed by atoms with Crippen molar-refractivity contribution in [2.45, 2.75) is 25.8 Å². The van der Waals surface area contributed by atoms with Crippen molar-refractivity contribution in [3.05, 3.63) is 40.4 Å². The average molecular weight is 279 g/mol. The van der Waals surface area contributed by atoms with Gasteiger partial charge in [0.05, 0.1) is 0 Å². The summed E-state index contributed by atoms with van der Waals surface area (Å²) >= 11 is 6.05. The minimum Gasteiger partial charge on any atom is -0.339 e. The molecule has 1 aliphatic heterocycles. The first kappa shape index (κ1) is 14.1. The molecule has 0 aromatic heterocycles. The summed E-state index contributed by atoms with van der Waals surface area (Å²) < 4.78 is 0. The van der Waals surface area contributed by atoms with E-state index < -0.39 is 0 Å². The van der Waals surface area contributed by atoms with Crippen LogP contribution in [0.2, 0.25) is 5.02 Å². The minimum absolute atomic E-state index is 0.0450. The molecule has 0 atom stereocenters. The third-order valence-electron chi connectivity index (χ3n) is 3.47. The zero-order chi connectivity index (χ0) is 13.8. The molecule has 1 aliphatic rings. The number of hydrogen-bond acceptors (Lipinski definition) is 2. The van der Waals surface area contributed by atoms with Crippen LogP contribution in [0.3, 0.4) is 0 Å². The van der Waals surface area contributed by atoms with Gasteiger partial charge in [0.25, 0.3) is 0 Å². The number of hydrogen-bond donors (Lipinski definition) is 1. The molecule has 2 N–H and O–H groups in total. The largest absolute Gasteiger partial charge is 0.339 e. The molecule has 1 amide bonds. The van der Waals surface area contributed by atoms with Crippen molar-refractivity contribution >= 4 is 23.6 Å². The number of amides is 1. The predicted octanol–water partition coefficient (Wildman–Crippen LogP) is 2.61. The van der Waals surface area contributed by atoms with Crippen LogP contribution in [0.5, 0.6) is 0 Å². The predicted molar refractivity (Wildman–Crippen MR) is 79.0 cm³/mol. The maximum Gasteiger partial charge on any atom is 0.246 e. The Balaban J connectivity index is 1.98. The van der Waals surface area contributed by atoms with E-state index in [2.05, 4.69) is 0 Å². The van der Waals surface area contributed by atoms with E-state index in [1.165, 1.54) is 0 Å². The topological polar surface area (TPSA) is 46.3 Å². The van der Waals surface area contributed by atoms with Gasteiger partial charge in [-0.05, 0) is 43.0 Å². The highest BCUT2D eigenvalue weighted by atomic mass is 35.5. The fraction of sp³-hybridized carbons (Fsp3) is 0.400. The Morgan fingerprint density at radius 2 is 2.11 bits per heavy atom. The Labute approximate surface area is 119 Å². The summed E-state index contributed by atoms with van der Waals surface area (Å²) in [7, 11) is 0. The molecule has 1 saturated heterocycles. The molecule has 19 heavy (non-hydrogen) atoms. The van der Waals surface area contributed by atoms with Gasteiger partial charge in [0.15, 0.2) is 0 Å². The van der Waals surface area contributed by atoms with Crippen molar-refractivity contribution in [2.24, 2.45) is 5.73 Å². The summed E-state index contributed by atoms with van der Waals surface area (Å²) in [5.41, 5.74) is 7.80. The molecule has 0 unspecified atom stereocenters. The van der Waals surface area contributed by atoms with Gasteiger partial charge in [-0.2, -0.15) is 0 Å². The van der Waals surface area contributed by atoms with Crippen molar-refractivity contribution < 1.29 is 4.79 Å². The van der Waals surface area contributed by atoms with Gasteiger partial charge in [-0.3, -0.25) is 4.79 Å². The Kier molecular flexibility index (Phi) is 4.61. The van der Waals surface area contributed by atoms with E-state index in [4.69, 9.17) is 17.3 Å². The third kappa shape index (κ3) is 3.82. The number of benzene rings is 1. The van der Waals surface area contributed by atoms with Crippen molar-refractivity contribution in [1.29, 1.82) is 0 Å². The zero-order valence-electron chi connectivity index (χ0n) is 11.1. The van der Waals surface area contributed by atoms with Crippen LogP contribution in [0, 0.1) is 6.92 Å². The van der Waals surface area contributed by atoms with Gasteiger partial charge in [-0.1, -0.05) is 23.7 Å². The average Bonchev–Trinajstić information content (AvgIpc) is 2.40. The molecule has 102 valence electrons. The van der Waals surface area contributed by atoms with Gasteiger partial charge in [-0.15, -0.1) is 0 Å². The number of piperidine rings is 1. The molecule has 1 aromatic carbocycles. The molecule has 2 rings (SSSR count). The Hall–Kier alpha value is -1.32. The summed E-state index contributed by atoms with van der Waals surface area (Å²) in [5, 5.41) is 0.721. The second kappa shape index (κ2) is 6.22. The second-order valence-corrected chi connectivity index (χ2v) is 5.41. The highest BCUT2D eigenvalue weighted by molar-refractivity contribution is 6.31. The van der Waals surface area contributed by atoms with Crippen LogP contribution in [-0.4, -0.2) is 29.9 Å². The lowest BCUT2D eigenvalue weighted by Gasteiger charge is -2.29. The smallest absolute Gasteiger partial charge is 0.246 e. The van der Waals surface area contributed by atoms with E-state index in [1.807, 2.05) is 36.1 Å².